The Morgan fingerprint density at radius 2 is 1.96 bits per heavy atom. The zero-order valence-electron chi connectivity index (χ0n) is 14.8. The maximum absolute atomic E-state index is 12.8. The van der Waals surface area contributed by atoms with Crippen LogP contribution in [0.15, 0.2) is 18.2 Å². The standard InChI is InChI=1S/C18H28N2O3.ClH/c1-4-22-16-9-8-15(11-17(16)23-5-2)18(21)20-10-6-7-14(13-20)12-19-3;/h8-9,11,14,19H,4-7,10,12-13H2,1-3H3;1H. The van der Waals surface area contributed by atoms with Gasteiger partial charge in [0.15, 0.2) is 11.5 Å². The molecule has 0 spiro atoms. The minimum absolute atomic E-state index is 0. The molecule has 1 aliphatic rings. The van der Waals surface area contributed by atoms with E-state index >= 15 is 0 Å². The summed E-state index contributed by atoms with van der Waals surface area (Å²) in [5.41, 5.74) is 0.669. The third-order valence-corrected chi connectivity index (χ3v) is 4.09. The summed E-state index contributed by atoms with van der Waals surface area (Å²) in [6.45, 7) is 7.59. The summed E-state index contributed by atoms with van der Waals surface area (Å²) < 4.78 is 11.2. The lowest BCUT2D eigenvalue weighted by molar-refractivity contribution is 0.0673. The number of carbonyl (C=O) groups is 1. The van der Waals surface area contributed by atoms with Crippen molar-refractivity contribution in [2.45, 2.75) is 26.7 Å². The summed E-state index contributed by atoms with van der Waals surface area (Å²) in [6.07, 6.45) is 2.24. The number of ether oxygens (including phenoxy) is 2. The van der Waals surface area contributed by atoms with Crippen LogP contribution in [-0.2, 0) is 0 Å². The Morgan fingerprint density at radius 3 is 2.62 bits per heavy atom. The van der Waals surface area contributed by atoms with Crippen molar-refractivity contribution < 1.29 is 14.3 Å². The van der Waals surface area contributed by atoms with E-state index in [1.807, 2.05) is 37.9 Å². The van der Waals surface area contributed by atoms with E-state index in [4.69, 9.17) is 9.47 Å². The topological polar surface area (TPSA) is 50.8 Å². The molecule has 1 aromatic carbocycles. The van der Waals surface area contributed by atoms with Crippen LogP contribution in [0.4, 0.5) is 0 Å². The molecule has 1 fully saturated rings. The summed E-state index contributed by atoms with van der Waals surface area (Å²) in [4.78, 5) is 14.7. The summed E-state index contributed by atoms with van der Waals surface area (Å²) in [5, 5.41) is 3.21. The molecule has 0 radical (unpaired) electrons. The van der Waals surface area contributed by atoms with E-state index in [0.717, 1.165) is 26.1 Å². The fraction of sp³-hybridized carbons (Fsp3) is 0.611. The number of hydrogen-bond acceptors (Lipinski definition) is 4. The van der Waals surface area contributed by atoms with E-state index in [1.54, 1.807) is 6.07 Å². The van der Waals surface area contributed by atoms with E-state index in [2.05, 4.69) is 5.32 Å². The van der Waals surface area contributed by atoms with Crippen LogP contribution < -0.4 is 14.8 Å². The molecule has 1 amide bonds. The molecule has 0 aromatic heterocycles. The molecule has 0 saturated carbocycles. The molecule has 6 heteroatoms. The number of halogens is 1. The van der Waals surface area contributed by atoms with Gasteiger partial charge in [-0.3, -0.25) is 4.79 Å². The average Bonchev–Trinajstić information content (AvgIpc) is 2.57. The lowest BCUT2D eigenvalue weighted by atomic mass is 9.97. The van der Waals surface area contributed by atoms with Crippen LogP contribution in [0, 0.1) is 5.92 Å². The van der Waals surface area contributed by atoms with Gasteiger partial charge in [0, 0.05) is 18.7 Å². The first-order chi connectivity index (χ1) is 11.2. The van der Waals surface area contributed by atoms with Gasteiger partial charge in [-0.05, 0) is 64.4 Å². The minimum atomic E-state index is 0. The number of nitrogens with one attached hydrogen (secondary N) is 1. The van der Waals surface area contributed by atoms with Gasteiger partial charge in [0.2, 0.25) is 0 Å². The van der Waals surface area contributed by atoms with Crippen molar-refractivity contribution >= 4 is 18.3 Å². The molecule has 1 heterocycles. The van der Waals surface area contributed by atoms with Crippen molar-refractivity contribution in [1.82, 2.24) is 10.2 Å². The first-order valence-electron chi connectivity index (χ1n) is 8.53. The maximum Gasteiger partial charge on any atom is 0.254 e. The van der Waals surface area contributed by atoms with Crippen LogP contribution in [0.3, 0.4) is 0 Å². The molecule has 2 rings (SSSR count). The number of hydrogen-bond donors (Lipinski definition) is 1. The van der Waals surface area contributed by atoms with Crippen LogP contribution in [0.25, 0.3) is 0 Å². The third-order valence-electron chi connectivity index (χ3n) is 4.09. The van der Waals surface area contributed by atoms with Crippen molar-refractivity contribution in [1.29, 1.82) is 0 Å². The lowest BCUT2D eigenvalue weighted by Gasteiger charge is -2.33. The maximum atomic E-state index is 12.8. The third kappa shape index (κ3) is 5.28. The highest BCUT2D eigenvalue weighted by Crippen LogP contribution is 2.29. The second-order valence-electron chi connectivity index (χ2n) is 5.84. The number of piperidine rings is 1. The van der Waals surface area contributed by atoms with Gasteiger partial charge in [0.25, 0.3) is 5.91 Å². The molecular formula is C18H29ClN2O3. The van der Waals surface area contributed by atoms with Crippen molar-refractivity contribution in [2.75, 3.05) is 39.9 Å². The van der Waals surface area contributed by atoms with Gasteiger partial charge in [-0.2, -0.15) is 0 Å². The molecule has 1 saturated heterocycles. The van der Waals surface area contributed by atoms with Crippen molar-refractivity contribution in [3.05, 3.63) is 23.8 Å². The Bertz CT molecular complexity index is 523. The fourth-order valence-corrected chi connectivity index (χ4v) is 3.07. The summed E-state index contributed by atoms with van der Waals surface area (Å²) in [5.74, 6) is 1.95. The Hall–Kier alpha value is -1.46. The fourth-order valence-electron chi connectivity index (χ4n) is 3.07. The highest BCUT2D eigenvalue weighted by Gasteiger charge is 2.24. The number of nitrogens with zero attached hydrogens (tertiary/aromatic N) is 1. The molecule has 1 aromatic rings. The Kier molecular flexibility index (Phi) is 8.93. The van der Waals surface area contributed by atoms with Gasteiger partial charge >= 0.3 is 0 Å². The minimum Gasteiger partial charge on any atom is -0.490 e. The lowest BCUT2D eigenvalue weighted by Crippen LogP contribution is -2.42. The van der Waals surface area contributed by atoms with Crippen LogP contribution in [0.1, 0.15) is 37.0 Å². The van der Waals surface area contributed by atoms with E-state index in [1.165, 1.54) is 6.42 Å². The summed E-state index contributed by atoms with van der Waals surface area (Å²) in [7, 11) is 1.96. The van der Waals surface area contributed by atoms with Crippen molar-refractivity contribution in [2.24, 2.45) is 5.92 Å². The van der Waals surface area contributed by atoms with Crippen LogP contribution >= 0.6 is 12.4 Å². The average molecular weight is 357 g/mol. The molecule has 136 valence electrons. The Labute approximate surface area is 151 Å². The van der Waals surface area contributed by atoms with Gasteiger partial charge in [-0.15, -0.1) is 12.4 Å². The number of amides is 1. The zero-order valence-corrected chi connectivity index (χ0v) is 15.7. The second kappa shape index (κ2) is 10.4. The van der Waals surface area contributed by atoms with Gasteiger partial charge in [0.05, 0.1) is 13.2 Å². The summed E-state index contributed by atoms with van der Waals surface area (Å²) in [6, 6.07) is 5.47. The molecule has 1 N–H and O–H groups in total. The molecule has 5 nitrogen and oxygen atoms in total. The van der Waals surface area contributed by atoms with Gasteiger partial charge in [0.1, 0.15) is 0 Å². The van der Waals surface area contributed by atoms with Crippen LogP contribution in [-0.4, -0.2) is 50.7 Å². The van der Waals surface area contributed by atoms with E-state index < -0.39 is 0 Å². The van der Waals surface area contributed by atoms with Crippen LogP contribution in [0.2, 0.25) is 0 Å². The first kappa shape index (κ1) is 20.6. The Balaban J connectivity index is 0.00000288. The quantitative estimate of drug-likeness (QED) is 0.816. The molecule has 1 unspecified atom stereocenters. The van der Waals surface area contributed by atoms with Gasteiger partial charge < -0.3 is 19.7 Å². The molecule has 24 heavy (non-hydrogen) atoms. The highest BCUT2D eigenvalue weighted by atomic mass is 35.5. The summed E-state index contributed by atoms with van der Waals surface area (Å²) >= 11 is 0. The Morgan fingerprint density at radius 1 is 1.25 bits per heavy atom. The van der Waals surface area contributed by atoms with E-state index in [-0.39, 0.29) is 18.3 Å². The molecule has 1 atom stereocenters. The SMILES string of the molecule is CCOc1ccc(C(=O)N2CCCC(CNC)C2)cc1OCC.Cl. The number of benzene rings is 1. The highest BCUT2D eigenvalue weighted by molar-refractivity contribution is 5.95. The van der Waals surface area contributed by atoms with Crippen LogP contribution in [0.5, 0.6) is 11.5 Å². The molecular weight excluding hydrogens is 328 g/mol. The van der Waals surface area contributed by atoms with E-state index in [0.29, 0.717) is 36.2 Å². The van der Waals surface area contributed by atoms with Gasteiger partial charge in [-0.25, -0.2) is 0 Å². The largest absolute Gasteiger partial charge is 0.490 e. The molecule has 0 bridgehead atoms. The normalized spacial score (nSPS) is 17.1. The predicted molar refractivity (Wildman–Crippen MR) is 98.6 cm³/mol. The molecule has 1 aliphatic heterocycles. The monoisotopic (exact) mass is 356 g/mol. The second-order valence-corrected chi connectivity index (χ2v) is 5.84. The smallest absolute Gasteiger partial charge is 0.254 e. The first-order valence-corrected chi connectivity index (χ1v) is 8.53. The van der Waals surface area contributed by atoms with Gasteiger partial charge in [-0.1, -0.05) is 0 Å². The number of likely N-dealkylation sites (tertiary alicyclic amines) is 1. The zero-order chi connectivity index (χ0) is 16.7. The van der Waals surface area contributed by atoms with Crippen molar-refractivity contribution in [3.63, 3.8) is 0 Å². The van der Waals surface area contributed by atoms with E-state index in [9.17, 15) is 4.79 Å². The number of rotatable bonds is 7. The predicted octanol–water partition coefficient (Wildman–Crippen LogP) is 2.98. The number of carbonyl (C=O) groups excluding carboxylic acids is 1. The molecule has 0 aliphatic carbocycles. The van der Waals surface area contributed by atoms with Crippen molar-refractivity contribution in [3.8, 4) is 11.5 Å².